The maximum atomic E-state index is 12.8. The highest BCUT2D eigenvalue weighted by Gasteiger charge is 2.27. The highest BCUT2D eigenvalue weighted by atomic mass is 32.1. The molecule has 7 heteroatoms. The molecule has 1 aliphatic carbocycles. The Balaban J connectivity index is 1.95. The maximum Gasteiger partial charge on any atom is 0.274 e. The Kier molecular flexibility index (Phi) is 5.46. The van der Waals surface area contributed by atoms with Crippen LogP contribution in [-0.2, 0) is 19.4 Å². The first-order valence-electron chi connectivity index (χ1n) is 9.21. The molecule has 0 saturated heterocycles. The second-order valence-corrected chi connectivity index (χ2v) is 8.09. The summed E-state index contributed by atoms with van der Waals surface area (Å²) in [5.41, 5.74) is 3.08. The first kappa shape index (κ1) is 18.6. The van der Waals surface area contributed by atoms with Crippen LogP contribution < -0.4 is 10.6 Å². The van der Waals surface area contributed by atoms with E-state index in [4.69, 9.17) is 0 Å². The summed E-state index contributed by atoms with van der Waals surface area (Å²) in [6, 6.07) is 1.83. The number of aryl methyl sites for hydroxylation is 3. The van der Waals surface area contributed by atoms with Crippen molar-refractivity contribution in [1.29, 1.82) is 0 Å². The number of fused-ring (bicyclic) bond motifs is 1. The Labute approximate surface area is 158 Å². The van der Waals surface area contributed by atoms with Gasteiger partial charge in [0.15, 0.2) is 0 Å². The number of anilines is 1. The molecule has 0 bridgehead atoms. The van der Waals surface area contributed by atoms with Crippen LogP contribution in [0, 0.1) is 6.92 Å². The number of rotatable bonds is 5. The fourth-order valence-corrected chi connectivity index (χ4v) is 4.65. The molecule has 0 spiro atoms. The maximum absolute atomic E-state index is 12.8. The molecule has 2 amide bonds. The highest BCUT2D eigenvalue weighted by Crippen LogP contribution is 2.38. The van der Waals surface area contributed by atoms with Gasteiger partial charge in [-0.1, -0.05) is 0 Å². The zero-order valence-corrected chi connectivity index (χ0v) is 16.6. The highest BCUT2D eigenvalue weighted by molar-refractivity contribution is 7.17. The number of thiophene rings is 1. The lowest BCUT2D eigenvalue weighted by atomic mass is 9.95. The van der Waals surface area contributed by atoms with Gasteiger partial charge < -0.3 is 10.6 Å². The molecule has 0 saturated carbocycles. The molecule has 3 rings (SSSR count). The van der Waals surface area contributed by atoms with E-state index in [1.807, 2.05) is 27.7 Å². The average molecular weight is 375 g/mol. The second-order valence-electron chi connectivity index (χ2n) is 6.98. The number of nitrogens with zero attached hydrogens (tertiary/aromatic N) is 2. The Hall–Kier alpha value is -2.15. The Morgan fingerprint density at radius 2 is 2.00 bits per heavy atom. The van der Waals surface area contributed by atoms with Crippen molar-refractivity contribution < 1.29 is 9.59 Å². The van der Waals surface area contributed by atoms with E-state index in [1.54, 1.807) is 10.7 Å². The largest absolute Gasteiger partial charge is 0.350 e. The minimum absolute atomic E-state index is 0.0503. The van der Waals surface area contributed by atoms with Crippen LogP contribution in [0.15, 0.2) is 6.07 Å². The van der Waals surface area contributed by atoms with Gasteiger partial charge in [-0.05, 0) is 65.0 Å². The summed E-state index contributed by atoms with van der Waals surface area (Å²) >= 11 is 1.54. The van der Waals surface area contributed by atoms with Gasteiger partial charge in [0.2, 0.25) is 0 Å². The van der Waals surface area contributed by atoms with E-state index in [0.29, 0.717) is 22.8 Å². The molecule has 2 N–H and O–H groups in total. The predicted octanol–water partition coefficient (Wildman–Crippen LogP) is 3.54. The first-order chi connectivity index (χ1) is 12.4. The minimum atomic E-state index is -0.218. The molecule has 140 valence electrons. The predicted molar refractivity (Wildman–Crippen MR) is 104 cm³/mol. The van der Waals surface area contributed by atoms with E-state index in [9.17, 15) is 9.59 Å². The molecular formula is C19H26N4O2S. The van der Waals surface area contributed by atoms with Gasteiger partial charge in [-0.3, -0.25) is 14.3 Å². The molecular weight excluding hydrogens is 348 g/mol. The van der Waals surface area contributed by atoms with Gasteiger partial charge >= 0.3 is 0 Å². The smallest absolute Gasteiger partial charge is 0.274 e. The summed E-state index contributed by atoms with van der Waals surface area (Å²) < 4.78 is 1.69. The lowest BCUT2D eigenvalue weighted by Crippen LogP contribution is -2.31. The van der Waals surface area contributed by atoms with Gasteiger partial charge in [0.05, 0.1) is 11.3 Å². The number of carbonyl (C=O) groups excluding carboxylic acids is 2. The summed E-state index contributed by atoms with van der Waals surface area (Å²) in [4.78, 5) is 26.8. The van der Waals surface area contributed by atoms with Crippen molar-refractivity contribution in [1.82, 2.24) is 15.1 Å². The number of hydrogen-bond acceptors (Lipinski definition) is 4. The van der Waals surface area contributed by atoms with E-state index in [-0.39, 0.29) is 17.9 Å². The van der Waals surface area contributed by atoms with Crippen LogP contribution in [0.5, 0.6) is 0 Å². The minimum Gasteiger partial charge on any atom is -0.350 e. The normalized spacial score (nSPS) is 13.6. The Morgan fingerprint density at radius 1 is 1.27 bits per heavy atom. The third-order valence-corrected chi connectivity index (χ3v) is 5.69. The molecule has 2 heterocycles. The third-order valence-electron chi connectivity index (χ3n) is 4.48. The van der Waals surface area contributed by atoms with Crippen molar-refractivity contribution in [2.75, 3.05) is 5.32 Å². The average Bonchev–Trinajstić information content (AvgIpc) is 3.13. The number of hydrogen-bond donors (Lipinski definition) is 2. The van der Waals surface area contributed by atoms with Crippen LogP contribution in [0.2, 0.25) is 0 Å². The fraction of sp³-hybridized carbons (Fsp3) is 0.526. The quantitative estimate of drug-likeness (QED) is 0.840. The van der Waals surface area contributed by atoms with Crippen LogP contribution in [0.25, 0.3) is 0 Å². The topological polar surface area (TPSA) is 76.0 Å². The lowest BCUT2D eigenvalue weighted by molar-refractivity contribution is 0.0943. The summed E-state index contributed by atoms with van der Waals surface area (Å²) in [6.07, 6.45) is 4.09. The molecule has 2 aromatic heterocycles. The molecule has 0 radical (unpaired) electrons. The SMILES string of the molecule is CCn1nc(C)cc1C(=O)Nc1sc2c(c1C(=O)NC(C)C)CCCC2. The van der Waals surface area contributed by atoms with Crippen molar-refractivity contribution in [3.8, 4) is 0 Å². The van der Waals surface area contributed by atoms with Gasteiger partial charge in [-0.15, -0.1) is 11.3 Å². The van der Waals surface area contributed by atoms with Crippen LogP contribution in [-0.4, -0.2) is 27.6 Å². The standard InChI is InChI=1S/C19H26N4O2S/c1-5-23-14(10-12(4)22-23)17(24)21-19-16(18(25)20-11(2)3)13-8-6-7-9-15(13)26-19/h10-11H,5-9H2,1-4H3,(H,20,25)(H,21,24). The number of nitrogens with one attached hydrogen (secondary N) is 2. The Bertz CT molecular complexity index is 835. The number of carbonyl (C=O) groups is 2. The monoisotopic (exact) mass is 374 g/mol. The van der Waals surface area contributed by atoms with E-state index in [1.165, 1.54) is 16.2 Å². The molecule has 0 aliphatic heterocycles. The van der Waals surface area contributed by atoms with Gasteiger partial charge in [0.1, 0.15) is 10.7 Å². The van der Waals surface area contributed by atoms with Crippen molar-refractivity contribution >= 4 is 28.2 Å². The van der Waals surface area contributed by atoms with E-state index >= 15 is 0 Å². The molecule has 0 atom stereocenters. The zero-order chi connectivity index (χ0) is 18.8. The van der Waals surface area contributed by atoms with E-state index in [2.05, 4.69) is 15.7 Å². The van der Waals surface area contributed by atoms with E-state index < -0.39 is 0 Å². The van der Waals surface area contributed by atoms with E-state index in [0.717, 1.165) is 36.9 Å². The Morgan fingerprint density at radius 3 is 2.69 bits per heavy atom. The van der Waals surface area contributed by atoms with Gasteiger partial charge in [-0.2, -0.15) is 5.10 Å². The number of amides is 2. The molecule has 2 aromatic rings. The van der Waals surface area contributed by atoms with Crippen molar-refractivity contribution in [2.24, 2.45) is 0 Å². The lowest BCUT2D eigenvalue weighted by Gasteiger charge is -2.14. The van der Waals surface area contributed by atoms with Crippen LogP contribution in [0.3, 0.4) is 0 Å². The molecule has 0 aromatic carbocycles. The first-order valence-corrected chi connectivity index (χ1v) is 10.0. The molecule has 0 unspecified atom stereocenters. The van der Waals surface area contributed by atoms with Crippen LogP contribution >= 0.6 is 11.3 Å². The van der Waals surface area contributed by atoms with Gasteiger partial charge in [-0.25, -0.2) is 0 Å². The van der Waals surface area contributed by atoms with Crippen molar-refractivity contribution in [3.05, 3.63) is 33.5 Å². The summed E-state index contributed by atoms with van der Waals surface area (Å²) in [5, 5.41) is 10.9. The zero-order valence-electron chi connectivity index (χ0n) is 15.8. The van der Waals surface area contributed by atoms with Crippen LogP contribution in [0.1, 0.15) is 70.6 Å². The molecule has 6 nitrogen and oxygen atoms in total. The second kappa shape index (κ2) is 7.61. The van der Waals surface area contributed by atoms with Crippen molar-refractivity contribution in [2.45, 2.75) is 66.0 Å². The number of aromatic nitrogens is 2. The van der Waals surface area contributed by atoms with Gasteiger partial charge in [0.25, 0.3) is 11.8 Å². The molecule has 1 aliphatic rings. The van der Waals surface area contributed by atoms with Gasteiger partial charge in [0, 0.05) is 17.5 Å². The summed E-state index contributed by atoms with van der Waals surface area (Å²) in [5.74, 6) is -0.320. The molecule has 26 heavy (non-hydrogen) atoms. The van der Waals surface area contributed by atoms with Crippen LogP contribution in [0.4, 0.5) is 5.00 Å². The third kappa shape index (κ3) is 3.67. The summed E-state index contributed by atoms with van der Waals surface area (Å²) in [7, 11) is 0. The summed E-state index contributed by atoms with van der Waals surface area (Å²) in [6.45, 7) is 8.33. The van der Waals surface area contributed by atoms with Crippen molar-refractivity contribution in [3.63, 3.8) is 0 Å². The molecule has 0 fully saturated rings. The fourth-order valence-electron chi connectivity index (χ4n) is 3.36.